The zero-order valence-corrected chi connectivity index (χ0v) is 11.3. The summed E-state index contributed by atoms with van der Waals surface area (Å²) in [6.45, 7) is 0.519. The summed E-state index contributed by atoms with van der Waals surface area (Å²) in [7, 11) is -0.595. The van der Waals surface area contributed by atoms with Gasteiger partial charge in [-0.25, -0.2) is 8.42 Å². The summed E-state index contributed by atoms with van der Waals surface area (Å²) in [5.41, 5.74) is 5.33. The summed E-state index contributed by atoms with van der Waals surface area (Å²) < 4.78 is 30.2. The van der Waals surface area contributed by atoms with Crippen molar-refractivity contribution in [2.45, 2.75) is 4.90 Å². The second kappa shape index (κ2) is 5.68. The molecule has 0 amide bonds. The Bertz CT molecular complexity index is 490. The van der Waals surface area contributed by atoms with Crippen molar-refractivity contribution in [3.63, 3.8) is 0 Å². The van der Waals surface area contributed by atoms with Crippen molar-refractivity contribution in [1.82, 2.24) is 4.31 Å². The number of rotatable bonds is 5. The Hall–Kier alpha value is -0.820. The molecule has 0 aromatic heterocycles. The predicted molar refractivity (Wildman–Crippen MR) is 66.9 cm³/mol. The van der Waals surface area contributed by atoms with Crippen molar-refractivity contribution in [2.24, 2.45) is 5.73 Å². The van der Waals surface area contributed by atoms with Gasteiger partial charge >= 0.3 is 0 Å². The van der Waals surface area contributed by atoms with Gasteiger partial charge in [0, 0.05) is 20.1 Å². The molecule has 0 heterocycles. The number of hydrogen-bond acceptors (Lipinski definition) is 4. The number of halogens is 1. The second-order valence-corrected chi connectivity index (χ2v) is 5.86. The van der Waals surface area contributed by atoms with Gasteiger partial charge in [-0.05, 0) is 18.2 Å². The highest BCUT2D eigenvalue weighted by Gasteiger charge is 2.21. The van der Waals surface area contributed by atoms with E-state index >= 15 is 0 Å². The van der Waals surface area contributed by atoms with E-state index < -0.39 is 10.0 Å². The number of sulfonamides is 1. The van der Waals surface area contributed by atoms with E-state index in [4.69, 9.17) is 22.1 Å². The molecule has 0 spiro atoms. The molecule has 0 saturated heterocycles. The van der Waals surface area contributed by atoms with Gasteiger partial charge in [-0.15, -0.1) is 0 Å². The van der Waals surface area contributed by atoms with Crippen LogP contribution in [-0.2, 0) is 10.0 Å². The van der Waals surface area contributed by atoms with Gasteiger partial charge in [0.25, 0.3) is 0 Å². The maximum absolute atomic E-state index is 12.0. The monoisotopic (exact) mass is 278 g/mol. The third kappa shape index (κ3) is 3.10. The zero-order chi connectivity index (χ0) is 13.1. The van der Waals surface area contributed by atoms with Gasteiger partial charge in [-0.3, -0.25) is 0 Å². The molecule has 0 bridgehead atoms. The standard InChI is InChI=1S/C10H15ClN2O3S/c1-13(6-5-12)17(14,15)8-3-4-10(16-2)9(11)7-8/h3-4,7H,5-6,12H2,1-2H3. The molecule has 7 heteroatoms. The second-order valence-electron chi connectivity index (χ2n) is 3.41. The number of ether oxygens (including phenoxy) is 1. The van der Waals surface area contributed by atoms with Crippen molar-refractivity contribution in [3.8, 4) is 5.75 Å². The molecule has 1 rings (SSSR count). The first kappa shape index (κ1) is 14.2. The number of hydrogen-bond donors (Lipinski definition) is 1. The fourth-order valence-electron chi connectivity index (χ4n) is 1.29. The van der Waals surface area contributed by atoms with Gasteiger partial charge in [0.15, 0.2) is 0 Å². The first-order valence-electron chi connectivity index (χ1n) is 4.93. The molecule has 0 atom stereocenters. The van der Waals surface area contributed by atoms with E-state index in [1.54, 1.807) is 0 Å². The summed E-state index contributed by atoms with van der Waals surface area (Å²) in [6.07, 6.45) is 0. The van der Waals surface area contributed by atoms with Crippen molar-refractivity contribution in [3.05, 3.63) is 23.2 Å². The van der Waals surface area contributed by atoms with E-state index in [1.807, 2.05) is 0 Å². The van der Waals surface area contributed by atoms with Crippen LogP contribution >= 0.6 is 11.6 Å². The van der Waals surface area contributed by atoms with Crippen LogP contribution in [0.15, 0.2) is 23.1 Å². The van der Waals surface area contributed by atoms with Crippen molar-refractivity contribution < 1.29 is 13.2 Å². The molecular formula is C10H15ClN2O3S. The minimum Gasteiger partial charge on any atom is -0.495 e. The largest absolute Gasteiger partial charge is 0.495 e. The van der Waals surface area contributed by atoms with Gasteiger partial charge in [0.1, 0.15) is 5.75 Å². The van der Waals surface area contributed by atoms with E-state index in [-0.39, 0.29) is 23.0 Å². The number of likely N-dealkylation sites (N-methyl/N-ethyl adjacent to an activating group) is 1. The lowest BCUT2D eigenvalue weighted by molar-refractivity contribution is 0.414. The van der Waals surface area contributed by atoms with Crippen LogP contribution in [-0.4, -0.2) is 40.0 Å². The lowest BCUT2D eigenvalue weighted by Crippen LogP contribution is -2.31. The fraction of sp³-hybridized carbons (Fsp3) is 0.400. The number of nitrogens with zero attached hydrogens (tertiary/aromatic N) is 1. The normalized spacial score (nSPS) is 11.8. The van der Waals surface area contributed by atoms with Crippen molar-refractivity contribution >= 4 is 21.6 Å². The number of benzene rings is 1. The van der Waals surface area contributed by atoms with Crippen LogP contribution in [0.25, 0.3) is 0 Å². The third-order valence-corrected chi connectivity index (χ3v) is 4.42. The Morgan fingerprint density at radius 3 is 2.59 bits per heavy atom. The van der Waals surface area contributed by atoms with Gasteiger partial charge in [0.05, 0.1) is 17.0 Å². The summed E-state index contributed by atoms with van der Waals surface area (Å²) in [5.74, 6) is 0.437. The minimum absolute atomic E-state index is 0.124. The van der Waals surface area contributed by atoms with Crippen LogP contribution in [0.4, 0.5) is 0 Å². The Morgan fingerprint density at radius 2 is 2.12 bits per heavy atom. The molecule has 5 nitrogen and oxygen atoms in total. The Labute approximate surface area is 106 Å². The highest BCUT2D eigenvalue weighted by atomic mass is 35.5. The number of methoxy groups -OCH3 is 1. The molecule has 0 aliphatic rings. The van der Waals surface area contributed by atoms with E-state index in [2.05, 4.69) is 0 Å². The average molecular weight is 279 g/mol. The Balaban J connectivity index is 3.12. The molecule has 2 N–H and O–H groups in total. The van der Waals surface area contributed by atoms with Crippen LogP contribution in [0.1, 0.15) is 0 Å². The van der Waals surface area contributed by atoms with Gasteiger partial charge in [-0.1, -0.05) is 11.6 Å². The molecule has 17 heavy (non-hydrogen) atoms. The summed E-state index contributed by atoms with van der Waals surface area (Å²) >= 11 is 5.88. The first-order valence-corrected chi connectivity index (χ1v) is 6.75. The molecule has 96 valence electrons. The van der Waals surface area contributed by atoms with E-state index in [9.17, 15) is 8.42 Å². The van der Waals surface area contributed by atoms with Crippen LogP contribution in [0, 0.1) is 0 Å². The van der Waals surface area contributed by atoms with Gasteiger partial charge in [0.2, 0.25) is 10.0 Å². The van der Waals surface area contributed by atoms with E-state index in [0.717, 1.165) is 0 Å². The SMILES string of the molecule is COc1ccc(S(=O)(=O)N(C)CCN)cc1Cl. The molecule has 1 aromatic carbocycles. The zero-order valence-electron chi connectivity index (χ0n) is 9.68. The topological polar surface area (TPSA) is 72.6 Å². The molecule has 0 aliphatic carbocycles. The molecular weight excluding hydrogens is 264 g/mol. The van der Waals surface area contributed by atoms with Crippen LogP contribution < -0.4 is 10.5 Å². The van der Waals surface area contributed by atoms with Crippen LogP contribution in [0.2, 0.25) is 5.02 Å². The quantitative estimate of drug-likeness (QED) is 0.870. The molecule has 1 aromatic rings. The van der Waals surface area contributed by atoms with Gasteiger partial charge < -0.3 is 10.5 Å². The molecule has 0 aliphatic heterocycles. The average Bonchev–Trinajstić information content (AvgIpc) is 2.29. The van der Waals surface area contributed by atoms with Crippen LogP contribution in [0.3, 0.4) is 0 Å². The number of nitrogens with two attached hydrogens (primary N) is 1. The predicted octanol–water partition coefficient (Wildman–Crippen LogP) is 0.928. The molecule has 0 radical (unpaired) electrons. The molecule has 0 saturated carbocycles. The van der Waals surface area contributed by atoms with E-state index in [1.165, 1.54) is 36.7 Å². The van der Waals surface area contributed by atoms with E-state index in [0.29, 0.717) is 5.75 Å². The molecule has 0 unspecified atom stereocenters. The maximum atomic E-state index is 12.0. The highest BCUT2D eigenvalue weighted by Crippen LogP contribution is 2.27. The Morgan fingerprint density at radius 1 is 1.47 bits per heavy atom. The third-order valence-electron chi connectivity index (χ3n) is 2.28. The Kier molecular flexibility index (Phi) is 4.76. The summed E-state index contributed by atoms with van der Waals surface area (Å²) in [5, 5.41) is 0.259. The van der Waals surface area contributed by atoms with Crippen LogP contribution in [0.5, 0.6) is 5.75 Å². The first-order chi connectivity index (χ1) is 7.93. The van der Waals surface area contributed by atoms with Crippen molar-refractivity contribution in [1.29, 1.82) is 0 Å². The molecule has 0 fully saturated rings. The fourth-order valence-corrected chi connectivity index (χ4v) is 2.82. The lowest BCUT2D eigenvalue weighted by Gasteiger charge is -2.16. The smallest absolute Gasteiger partial charge is 0.242 e. The summed E-state index contributed by atoms with van der Waals surface area (Å²) in [6, 6.07) is 4.33. The van der Waals surface area contributed by atoms with Crippen molar-refractivity contribution in [2.75, 3.05) is 27.2 Å². The minimum atomic E-state index is -3.54. The lowest BCUT2D eigenvalue weighted by atomic mass is 10.3. The maximum Gasteiger partial charge on any atom is 0.242 e. The summed E-state index contributed by atoms with van der Waals surface area (Å²) in [4.78, 5) is 0.124. The van der Waals surface area contributed by atoms with Gasteiger partial charge in [-0.2, -0.15) is 4.31 Å². The highest BCUT2D eigenvalue weighted by molar-refractivity contribution is 7.89.